The smallest absolute Gasteiger partial charge is 0.230 e. The summed E-state index contributed by atoms with van der Waals surface area (Å²) in [7, 11) is 5.43. The third kappa shape index (κ3) is 5.49. The van der Waals surface area contributed by atoms with Crippen molar-refractivity contribution >= 4 is 35.8 Å². The van der Waals surface area contributed by atoms with Crippen LogP contribution < -0.4 is 10.6 Å². The van der Waals surface area contributed by atoms with Crippen LogP contribution in [-0.2, 0) is 11.3 Å². The highest BCUT2D eigenvalue weighted by molar-refractivity contribution is 14.0. The number of carbonyl (C=O) groups is 1. The first-order chi connectivity index (χ1) is 13.6. The summed E-state index contributed by atoms with van der Waals surface area (Å²) in [4.78, 5) is 22.9. The molecule has 1 aromatic carbocycles. The van der Waals surface area contributed by atoms with Crippen molar-refractivity contribution in [2.75, 3.05) is 27.7 Å². The molecule has 1 heterocycles. The normalized spacial score (nSPS) is 15.5. The van der Waals surface area contributed by atoms with Crippen molar-refractivity contribution in [2.45, 2.75) is 32.2 Å². The Labute approximate surface area is 190 Å². The predicted octanol–water partition coefficient (Wildman–Crippen LogP) is 2.80. The summed E-state index contributed by atoms with van der Waals surface area (Å²) in [5, 5.41) is 6.76. The van der Waals surface area contributed by atoms with Gasteiger partial charge in [-0.1, -0.05) is 31.0 Å². The number of aromatic nitrogens is 2. The zero-order chi connectivity index (χ0) is 20.0. The predicted molar refractivity (Wildman–Crippen MR) is 127 cm³/mol. The second kappa shape index (κ2) is 10.6. The highest BCUT2D eigenvalue weighted by Gasteiger charge is 2.42. The molecule has 0 atom stereocenters. The molecule has 0 radical (unpaired) electrons. The van der Waals surface area contributed by atoms with Crippen molar-refractivity contribution in [3.05, 3.63) is 48.5 Å². The summed E-state index contributed by atoms with van der Waals surface area (Å²) in [6.45, 7) is 1.23. The van der Waals surface area contributed by atoms with E-state index in [1.807, 2.05) is 37.0 Å². The zero-order valence-electron chi connectivity index (χ0n) is 17.4. The molecule has 1 amide bonds. The number of hydrogen-bond donors (Lipinski definition) is 2. The van der Waals surface area contributed by atoms with E-state index in [0.717, 1.165) is 36.9 Å². The lowest BCUT2D eigenvalue weighted by Gasteiger charge is -2.31. The van der Waals surface area contributed by atoms with E-state index in [-0.39, 0.29) is 35.3 Å². The number of halogens is 1. The summed E-state index contributed by atoms with van der Waals surface area (Å²) in [5.41, 5.74) is 1.90. The molecule has 1 fully saturated rings. The van der Waals surface area contributed by atoms with Crippen LogP contribution in [0.25, 0.3) is 5.69 Å². The van der Waals surface area contributed by atoms with Crippen LogP contribution in [-0.4, -0.2) is 54.0 Å². The van der Waals surface area contributed by atoms with Crippen molar-refractivity contribution in [3.63, 3.8) is 0 Å². The fraction of sp³-hybridized carbons (Fsp3) is 0.476. The molecule has 2 aromatic rings. The third-order valence-electron chi connectivity index (χ3n) is 5.46. The Morgan fingerprint density at radius 1 is 1.24 bits per heavy atom. The largest absolute Gasteiger partial charge is 0.355 e. The lowest BCUT2D eigenvalue weighted by Crippen LogP contribution is -2.49. The Balaban J connectivity index is 0.00000300. The SMILES string of the molecule is CN=C(NCc1ccccc1-n1ccnc1)NCC1(C(=O)N(C)C)CCCC1.I. The number of nitrogens with one attached hydrogen (secondary N) is 2. The fourth-order valence-electron chi connectivity index (χ4n) is 3.96. The number of benzene rings is 1. The molecule has 1 aromatic heterocycles. The highest BCUT2D eigenvalue weighted by Crippen LogP contribution is 2.38. The van der Waals surface area contributed by atoms with Gasteiger partial charge in [0.05, 0.1) is 17.4 Å². The standard InChI is InChI=1S/C21H30N6O.HI/c1-22-20(25-15-21(10-6-7-11-21)19(28)26(2)3)24-14-17-8-4-5-9-18(17)27-13-12-23-16-27;/h4-5,8-9,12-13,16H,6-7,10-11,14-15H2,1-3H3,(H2,22,24,25);1H. The molecule has 158 valence electrons. The van der Waals surface area contributed by atoms with E-state index in [1.165, 1.54) is 0 Å². The summed E-state index contributed by atoms with van der Waals surface area (Å²) >= 11 is 0. The fourth-order valence-corrected chi connectivity index (χ4v) is 3.96. The van der Waals surface area contributed by atoms with Crippen LogP contribution in [0.3, 0.4) is 0 Å². The number of rotatable bonds is 6. The van der Waals surface area contributed by atoms with Crippen molar-refractivity contribution in [1.29, 1.82) is 0 Å². The summed E-state index contributed by atoms with van der Waals surface area (Å²) < 4.78 is 2.00. The number of nitrogens with zero attached hydrogens (tertiary/aromatic N) is 4. The van der Waals surface area contributed by atoms with Crippen LogP contribution in [0, 0.1) is 5.41 Å². The van der Waals surface area contributed by atoms with Gasteiger partial charge in [0.2, 0.25) is 5.91 Å². The van der Waals surface area contributed by atoms with E-state index < -0.39 is 0 Å². The topological polar surface area (TPSA) is 74.5 Å². The van der Waals surface area contributed by atoms with Gasteiger partial charge in [0.25, 0.3) is 0 Å². The van der Waals surface area contributed by atoms with E-state index in [4.69, 9.17) is 0 Å². The number of amides is 1. The lowest BCUT2D eigenvalue weighted by atomic mass is 9.84. The van der Waals surface area contributed by atoms with E-state index in [9.17, 15) is 4.79 Å². The average molecular weight is 510 g/mol. The average Bonchev–Trinajstić information content (AvgIpc) is 3.40. The lowest BCUT2D eigenvalue weighted by molar-refractivity contribution is -0.138. The maximum Gasteiger partial charge on any atom is 0.230 e. The first-order valence-electron chi connectivity index (χ1n) is 9.78. The number of hydrogen-bond acceptors (Lipinski definition) is 3. The van der Waals surface area contributed by atoms with Gasteiger partial charge in [0.15, 0.2) is 5.96 Å². The number of guanidine groups is 1. The molecule has 0 spiro atoms. The minimum absolute atomic E-state index is 0. The molecular formula is C21H31IN6O. The van der Waals surface area contributed by atoms with E-state index in [1.54, 1.807) is 24.5 Å². The molecule has 29 heavy (non-hydrogen) atoms. The Kier molecular flexibility index (Phi) is 8.48. The van der Waals surface area contributed by atoms with E-state index in [0.29, 0.717) is 19.0 Å². The first kappa shape index (κ1) is 23.2. The van der Waals surface area contributed by atoms with Crippen molar-refractivity contribution in [1.82, 2.24) is 25.1 Å². The van der Waals surface area contributed by atoms with Crippen LogP contribution in [0.15, 0.2) is 48.0 Å². The molecule has 1 saturated carbocycles. The van der Waals surface area contributed by atoms with Gasteiger partial charge in [0, 0.05) is 46.6 Å². The molecule has 0 bridgehead atoms. The maximum atomic E-state index is 12.7. The molecule has 0 aliphatic heterocycles. The molecule has 0 saturated heterocycles. The van der Waals surface area contributed by atoms with Gasteiger partial charge >= 0.3 is 0 Å². The Morgan fingerprint density at radius 3 is 2.59 bits per heavy atom. The Morgan fingerprint density at radius 2 is 1.97 bits per heavy atom. The van der Waals surface area contributed by atoms with Gasteiger partial charge in [-0.3, -0.25) is 9.79 Å². The molecule has 2 N–H and O–H groups in total. The van der Waals surface area contributed by atoms with Crippen LogP contribution in [0.2, 0.25) is 0 Å². The van der Waals surface area contributed by atoms with Gasteiger partial charge in [-0.05, 0) is 24.5 Å². The molecular weight excluding hydrogens is 479 g/mol. The number of para-hydroxylation sites is 1. The third-order valence-corrected chi connectivity index (χ3v) is 5.46. The molecule has 1 aliphatic rings. The van der Waals surface area contributed by atoms with Gasteiger partial charge in [-0.25, -0.2) is 4.98 Å². The van der Waals surface area contributed by atoms with E-state index >= 15 is 0 Å². The quantitative estimate of drug-likeness (QED) is 0.356. The van der Waals surface area contributed by atoms with Crippen LogP contribution in [0.5, 0.6) is 0 Å². The number of aliphatic imine (C=N–C) groups is 1. The van der Waals surface area contributed by atoms with Crippen LogP contribution in [0.4, 0.5) is 0 Å². The maximum absolute atomic E-state index is 12.7. The van der Waals surface area contributed by atoms with Gasteiger partial charge < -0.3 is 20.1 Å². The van der Waals surface area contributed by atoms with Gasteiger partial charge in [0.1, 0.15) is 0 Å². The van der Waals surface area contributed by atoms with Gasteiger partial charge in [-0.2, -0.15) is 0 Å². The Hall–Kier alpha value is -2.10. The molecule has 3 rings (SSSR count). The van der Waals surface area contributed by atoms with E-state index in [2.05, 4.69) is 32.7 Å². The first-order valence-corrected chi connectivity index (χ1v) is 9.78. The molecule has 0 unspecified atom stereocenters. The second-order valence-electron chi connectivity index (χ2n) is 7.57. The monoisotopic (exact) mass is 510 g/mol. The van der Waals surface area contributed by atoms with Crippen molar-refractivity contribution < 1.29 is 4.79 Å². The number of carbonyl (C=O) groups excluding carboxylic acids is 1. The molecule has 8 heteroatoms. The second-order valence-corrected chi connectivity index (χ2v) is 7.57. The Bertz CT molecular complexity index is 812. The summed E-state index contributed by atoms with van der Waals surface area (Å²) in [6.07, 6.45) is 9.56. The molecule has 7 nitrogen and oxygen atoms in total. The highest BCUT2D eigenvalue weighted by atomic mass is 127. The van der Waals surface area contributed by atoms with Crippen molar-refractivity contribution in [2.24, 2.45) is 10.4 Å². The summed E-state index contributed by atoms with van der Waals surface area (Å²) in [5.74, 6) is 0.914. The van der Waals surface area contributed by atoms with Crippen LogP contribution >= 0.6 is 24.0 Å². The van der Waals surface area contributed by atoms with Gasteiger partial charge in [-0.15, -0.1) is 24.0 Å². The minimum Gasteiger partial charge on any atom is -0.355 e. The molecule has 1 aliphatic carbocycles. The zero-order valence-corrected chi connectivity index (χ0v) is 19.7. The summed E-state index contributed by atoms with van der Waals surface area (Å²) in [6, 6.07) is 8.20. The number of imidazole rings is 1. The minimum atomic E-state index is -0.324. The van der Waals surface area contributed by atoms with Crippen molar-refractivity contribution in [3.8, 4) is 5.69 Å². The van der Waals surface area contributed by atoms with Crippen LogP contribution in [0.1, 0.15) is 31.2 Å².